The van der Waals surface area contributed by atoms with Crippen molar-refractivity contribution >= 4 is 16.9 Å². The molecule has 2 aromatic carbocycles. The van der Waals surface area contributed by atoms with Gasteiger partial charge in [0, 0.05) is 17.0 Å². The Labute approximate surface area is 157 Å². The zero-order valence-corrected chi connectivity index (χ0v) is 15.9. The van der Waals surface area contributed by atoms with E-state index >= 15 is 0 Å². The van der Waals surface area contributed by atoms with Crippen molar-refractivity contribution in [1.82, 2.24) is 0 Å². The van der Waals surface area contributed by atoms with E-state index in [1.54, 1.807) is 0 Å². The monoisotopic (exact) mass is 366 g/mol. The van der Waals surface area contributed by atoms with Gasteiger partial charge in [0.15, 0.2) is 6.61 Å². The van der Waals surface area contributed by atoms with E-state index in [0.29, 0.717) is 16.9 Å². The molecule has 0 unspecified atom stereocenters. The minimum atomic E-state index is -0.501. The third-order valence-electron chi connectivity index (χ3n) is 4.74. The molecular formula is C22H22O5. The summed E-state index contributed by atoms with van der Waals surface area (Å²) >= 11 is 0. The Bertz CT molecular complexity index is 1060. The number of carbonyl (C=O) groups is 1. The maximum atomic E-state index is 12.0. The summed E-state index contributed by atoms with van der Waals surface area (Å²) in [5.41, 5.74) is 4.86. The van der Waals surface area contributed by atoms with Crippen LogP contribution in [0.4, 0.5) is 0 Å². The van der Waals surface area contributed by atoms with E-state index in [1.807, 2.05) is 58.0 Å². The van der Waals surface area contributed by atoms with Gasteiger partial charge in [-0.05, 0) is 62.1 Å². The van der Waals surface area contributed by atoms with E-state index < -0.39 is 11.6 Å². The number of benzene rings is 2. The van der Waals surface area contributed by atoms with E-state index in [2.05, 4.69) is 0 Å². The summed E-state index contributed by atoms with van der Waals surface area (Å²) in [5, 5.41) is 0.764. The van der Waals surface area contributed by atoms with Gasteiger partial charge < -0.3 is 13.9 Å². The van der Waals surface area contributed by atoms with Gasteiger partial charge in [-0.3, -0.25) is 0 Å². The summed E-state index contributed by atoms with van der Waals surface area (Å²) < 4.78 is 16.1. The first-order valence-electron chi connectivity index (χ1n) is 8.74. The van der Waals surface area contributed by atoms with Crippen LogP contribution in [0.25, 0.3) is 11.0 Å². The number of carbonyl (C=O) groups excluding carboxylic acids is 1. The molecule has 0 N–H and O–H groups in total. The van der Waals surface area contributed by atoms with Crippen LogP contribution in [0.15, 0.2) is 45.6 Å². The molecule has 0 bridgehead atoms. The molecule has 5 nitrogen and oxygen atoms in total. The van der Waals surface area contributed by atoms with Crippen LogP contribution in [0.1, 0.15) is 27.8 Å². The molecule has 0 saturated heterocycles. The minimum Gasteiger partial charge on any atom is -0.482 e. The van der Waals surface area contributed by atoms with E-state index in [1.165, 1.54) is 6.07 Å². The molecule has 0 saturated carbocycles. The molecule has 27 heavy (non-hydrogen) atoms. The molecule has 1 heterocycles. The normalized spacial score (nSPS) is 10.8. The van der Waals surface area contributed by atoms with Crippen LogP contribution < -0.4 is 10.4 Å². The molecule has 0 spiro atoms. The summed E-state index contributed by atoms with van der Waals surface area (Å²) in [6.07, 6.45) is 0. The van der Waals surface area contributed by atoms with E-state index in [-0.39, 0.29) is 13.2 Å². The van der Waals surface area contributed by atoms with Crippen LogP contribution in [0, 0.1) is 27.7 Å². The Kier molecular flexibility index (Phi) is 5.31. The van der Waals surface area contributed by atoms with Gasteiger partial charge in [0.05, 0.1) is 0 Å². The lowest BCUT2D eigenvalue weighted by atomic mass is 10.0. The highest BCUT2D eigenvalue weighted by atomic mass is 16.6. The fourth-order valence-corrected chi connectivity index (χ4v) is 2.79. The molecule has 0 amide bonds. The molecule has 0 radical (unpaired) electrons. The first kappa shape index (κ1) is 18.7. The zero-order chi connectivity index (χ0) is 19.6. The number of rotatable bonds is 5. The average Bonchev–Trinajstić information content (AvgIpc) is 2.64. The average molecular weight is 366 g/mol. The van der Waals surface area contributed by atoms with E-state index in [9.17, 15) is 9.59 Å². The lowest BCUT2D eigenvalue weighted by Gasteiger charge is -2.11. The Morgan fingerprint density at radius 2 is 1.70 bits per heavy atom. The Balaban J connectivity index is 1.69. The SMILES string of the molecule is Cc1ccc(OCC(=O)OCc2cc(=O)oc3c(C)c(C)ccc23)cc1C. The van der Waals surface area contributed by atoms with Gasteiger partial charge in [0.25, 0.3) is 0 Å². The molecule has 3 aromatic rings. The number of fused-ring (bicyclic) bond motifs is 1. The van der Waals surface area contributed by atoms with Crippen molar-refractivity contribution in [3.8, 4) is 5.75 Å². The third-order valence-corrected chi connectivity index (χ3v) is 4.74. The zero-order valence-electron chi connectivity index (χ0n) is 15.9. The quantitative estimate of drug-likeness (QED) is 0.501. The van der Waals surface area contributed by atoms with Crippen LogP contribution in [0.2, 0.25) is 0 Å². The summed E-state index contributed by atoms with van der Waals surface area (Å²) in [6, 6.07) is 10.8. The highest BCUT2D eigenvalue weighted by Gasteiger charge is 2.12. The van der Waals surface area contributed by atoms with Crippen molar-refractivity contribution in [2.24, 2.45) is 0 Å². The maximum absolute atomic E-state index is 12.0. The molecule has 1 aromatic heterocycles. The Morgan fingerprint density at radius 1 is 0.963 bits per heavy atom. The third kappa shape index (κ3) is 4.19. The fourth-order valence-electron chi connectivity index (χ4n) is 2.79. The minimum absolute atomic E-state index is 0.0142. The van der Waals surface area contributed by atoms with Crippen molar-refractivity contribution in [3.05, 3.63) is 74.6 Å². The largest absolute Gasteiger partial charge is 0.482 e. The van der Waals surface area contributed by atoms with Gasteiger partial charge in [-0.1, -0.05) is 18.2 Å². The fraction of sp³-hybridized carbons (Fsp3) is 0.273. The van der Waals surface area contributed by atoms with Crippen molar-refractivity contribution in [2.75, 3.05) is 6.61 Å². The summed E-state index contributed by atoms with van der Waals surface area (Å²) in [5.74, 6) is 0.116. The Morgan fingerprint density at radius 3 is 2.44 bits per heavy atom. The highest BCUT2D eigenvalue weighted by molar-refractivity contribution is 5.84. The van der Waals surface area contributed by atoms with Gasteiger partial charge in [0.1, 0.15) is 17.9 Å². The van der Waals surface area contributed by atoms with Crippen LogP contribution in [-0.2, 0) is 16.1 Å². The van der Waals surface area contributed by atoms with Crippen molar-refractivity contribution in [1.29, 1.82) is 0 Å². The second kappa shape index (κ2) is 7.66. The molecule has 0 atom stereocenters. The lowest BCUT2D eigenvalue weighted by molar-refractivity contribution is -0.147. The van der Waals surface area contributed by atoms with Crippen LogP contribution in [0.3, 0.4) is 0 Å². The predicted octanol–water partition coefficient (Wildman–Crippen LogP) is 4.15. The first-order chi connectivity index (χ1) is 12.8. The second-order valence-corrected chi connectivity index (χ2v) is 6.67. The van der Waals surface area contributed by atoms with Crippen molar-refractivity contribution < 1.29 is 18.7 Å². The number of ether oxygens (including phenoxy) is 2. The van der Waals surface area contributed by atoms with Gasteiger partial charge >= 0.3 is 11.6 Å². The highest BCUT2D eigenvalue weighted by Crippen LogP contribution is 2.23. The molecule has 140 valence electrons. The van der Waals surface area contributed by atoms with Crippen molar-refractivity contribution in [3.63, 3.8) is 0 Å². The predicted molar refractivity (Wildman–Crippen MR) is 103 cm³/mol. The number of aryl methyl sites for hydroxylation is 4. The first-order valence-corrected chi connectivity index (χ1v) is 8.74. The Hall–Kier alpha value is -3.08. The molecule has 0 fully saturated rings. The second-order valence-electron chi connectivity index (χ2n) is 6.67. The van der Waals surface area contributed by atoms with Gasteiger partial charge in [0.2, 0.25) is 0 Å². The number of esters is 1. The van der Waals surface area contributed by atoms with Gasteiger partial charge in [-0.2, -0.15) is 0 Å². The van der Waals surface area contributed by atoms with Gasteiger partial charge in [-0.25, -0.2) is 9.59 Å². The van der Waals surface area contributed by atoms with Gasteiger partial charge in [-0.15, -0.1) is 0 Å². The molecule has 3 rings (SSSR count). The van der Waals surface area contributed by atoms with Crippen LogP contribution >= 0.6 is 0 Å². The smallest absolute Gasteiger partial charge is 0.344 e. The molecule has 0 aliphatic carbocycles. The van der Waals surface area contributed by atoms with E-state index in [0.717, 1.165) is 27.6 Å². The van der Waals surface area contributed by atoms with E-state index in [4.69, 9.17) is 13.9 Å². The molecule has 5 heteroatoms. The molecular weight excluding hydrogens is 344 g/mol. The van der Waals surface area contributed by atoms with Crippen LogP contribution in [-0.4, -0.2) is 12.6 Å². The standard InChI is InChI=1S/C22H22O5/c1-13-5-7-18(9-15(13)3)25-12-21(24)26-11-17-10-20(23)27-22-16(4)14(2)6-8-19(17)22/h5-10H,11-12H2,1-4H3. The lowest BCUT2D eigenvalue weighted by Crippen LogP contribution is -2.15. The summed E-state index contributed by atoms with van der Waals surface area (Å²) in [7, 11) is 0. The summed E-state index contributed by atoms with van der Waals surface area (Å²) in [6.45, 7) is 7.63. The molecule has 0 aliphatic rings. The number of hydrogen-bond acceptors (Lipinski definition) is 5. The van der Waals surface area contributed by atoms with Crippen molar-refractivity contribution in [2.45, 2.75) is 34.3 Å². The topological polar surface area (TPSA) is 65.7 Å². The maximum Gasteiger partial charge on any atom is 0.344 e. The molecule has 0 aliphatic heterocycles. The van der Waals surface area contributed by atoms with Crippen LogP contribution in [0.5, 0.6) is 5.75 Å². The summed E-state index contributed by atoms with van der Waals surface area (Å²) in [4.78, 5) is 23.9. The number of hydrogen-bond donors (Lipinski definition) is 0.